The van der Waals surface area contributed by atoms with Gasteiger partial charge in [0.25, 0.3) is 0 Å². The van der Waals surface area contributed by atoms with Crippen LogP contribution in [-0.4, -0.2) is 55.1 Å². The van der Waals surface area contributed by atoms with Crippen molar-refractivity contribution in [2.45, 2.75) is 32.1 Å². The first kappa shape index (κ1) is 21.2. The number of anilines is 2. The van der Waals surface area contributed by atoms with Crippen molar-refractivity contribution in [2.75, 3.05) is 49.5 Å². The fraction of sp³-hybridized carbons (Fsp3) is 0.440. The summed E-state index contributed by atoms with van der Waals surface area (Å²) in [4.78, 5) is 21.1. The van der Waals surface area contributed by atoms with Gasteiger partial charge in [0, 0.05) is 47.9 Å². The van der Waals surface area contributed by atoms with Crippen LogP contribution in [0.4, 0.5) is 11.5 Å². The summed E-state index contributed by atoms with van der Waals surface area (Å²) in [5.74, 6) is 1.29. The molecule has 1 saturated heterocycles. The average Bonchev–Trinajstić information content (AvgIpc) is 3.17. The monoisotopic (exact) mass is 450 g/mol. The number of ether oxygens (including phenoxy) is 1. The highest BCUT2D eigenvalue weighted by atomic mass is 32.1. The zero-order valence-corrected chi connectivity index (χ0v) is 19.2. The van der Waals surface area contributed by atoms with Crippen LogP contribution in [0, 0.1) is 0 Å². The highest BCUT2D eigenvalue weighted by Gasteiger charge is 2.18. The van der Waals surface area contributed by atoms with Crippen molar-refractivity contribution in [2.24, 2.45) is 0 Å². The number of pyridine rings is 1. The van der Waals surface area contributed by atoms with Crippen molar-refractivity contribution in [3.63, 3.8) is 0 Å². The van der Waals surface area contributed by atoms with E-state index in [4.69, 9.17) is 4.74 Å². The Kier molecular flexibility index (Phi) is 6.55. The van der Waals surface area contributed by atoms with E-state index in [1.54, 1.807) is 0 Å². The Morgan fingerprint density at radius 2 is 2.00 bits per heavy atom. The van der Waals surface area contributed by atoms with Crippen LogP contribution in [0.15, 0.2) is 41.8 Å². The summed E-state index contributed by atoms with van der Waals surface area (Å²) in [6, 6.07) is 12.8. The maximum atomic E-state index is 11.6. The van der Waals surface area contributed by atoms with Gasteiger partial charge in [-0.25, -0.2) is 0 Å². The first-order chi connectivity index (χ1) is 15.8. The highest BCUT2D eigenvalue weighted by molar-refractivity contribution is 7.17. The third-order valence-electron chi connectivity index (χ3n) is 6.35. The molecule has 3 aromatic rings. The van der Waals surface area contributed by atoms with Crippen molar-refractivity contribution < 1.29 is 9.53 Å². The molecule has 1 fully saturated rings. The van der Waals surface area contributed by atoms with Crippen LogP contribution in [-0.2, 0) is 11.2 Å². The number of hydrogen-bond acceptors (Lipinski definition) is 6. The van der Waals surface area contributed by atoms with Crippen molar-refractivity contribution >= 4 is 38.8 Å². The van der Waals surface area contributed by atoms with E-state index in [2.05, 4.69) is 49.7 Å². The van der Waals surface area contributed by atoms with E-state index in [9.17, 15) is 4.79 Å². The second-order valence-corrected chi connectivity index (χ2v) is 9.50. The zero-order valence-electron chi connectivity index (χ0n) is 18.4. The minimum Gasteiger partial charge on any atom is -0.478 e. The minimum absolute atomic E-state index is 0.0326. The molecule has 0 saturated carbocycles. The fourth-order valence-electron chi connectivity index (χ4n) is 4.61. The molecule has 6 nitrogen and oxygen atoms in total. The first-order valence-corrected chi connectivity index (χ1v) is 12.5. The number of nitrogens with zero attached hydrogens (tertiary/aromatic N) is 3. The predicted octanol–water partition coefficient (Wildman–Crippen LogP) is 4.55. The van der Waals surface area contributed by atoms with Gasteiger partial charge in [0.2, 0.25) is 11.8 Å². The van der Waals surface area contributed by atoms with Gasteiger partial charge in [0.1, 0.15) is 5.82 Å². The Balaban J connectivity index is 1.06. The molecule has 7 heteroatoms. The highest BCUT2D eigenvalue weighted by Crippen LogP contribution is 2.31. The molecule has 32 heavy (non-hydrogen) atoms. The second kappa shape index (κ2) is 9.88. The number of nitrogens with one attached hydrogen (secondary N) is 1. The molecule has 0 spiro atoms. The zero-order chi connectivity index (χ0) is 21.8. The standard InChI is InChI=1S/C25H30N4O2S/c30-23-9-7-19-8-10-24(27-25(19)26-23)31-17-2-1-12-28-13-4-14-29(16-15-28)21-5-3-6-22-20(21)11-18-32-22/h3,5-6,8,10-11,18H,1-2,4,7,9,12-17H2,(H,26,27,30). The molecule has 0 bridgehead atoms. The quantitative estimate of drug-likeness (QED) is 0.535. The molecule has 1 amide bonds. The largest absolute Gasteiger partial charge is 0.478 e. The Morgan fingerprint density at radius 3 is 2.97 bits per heavy atom. The number of aryl methyl sites for hydroxylation is 1. The molecule has 0 radical (unpaired) electrons. The van der Waals surface area contributed by atoms with Crippen LogP contribution in [0.5, 0.6) is 5.88 Å². The Morgan fingerprint density at radius 1 is 1.03 bits per heavy atom. The number of carbonyl (C=O) groups is 1. The van der Waals surface area contributed by atoms with Gasteiger partial charge in [-0.2, -0.15) is 4.98 Å². The number of unbranched alkanes of at least 4 members (excludes halogenated alkanes) is 1. The van der Waals surface area contributed by atoms with Gasteiger partial charge in [-0.3, -0.25) is 4.79 Å². The maximum Gasteiger partial charge on any atom is 0.225 e. The van der Waals surface area contributed by atoms with Crippen molar-refractivity contribution in [1.82, 2.24) is 9.88 Å². The van der Waals surface area contributed by atoms with E-state index in [1.807, 2.05) is 23.5 Å². The first-order valence-electron chi connectivity index (χ1n) is 11.6. The summed E-state index contributed by atoms with van der Waals surface area (Å²) in [5.41, 5.74) is 2.47. The number of benzene rings is 1. The van der Waals surface area contributed by atoms with Crippen molar-refractivity contribution in [3.8, 4) is 5.88 Å². The number of aromatic nitrogens is 1. The van der Waals surface area contributed by atoms with E-state index < -0.39 is 0 Å². The lowest BCUT2D eigenvalue weighted by Gasteiger charge is -2.24. The lowest BCUT2D eigenvalue weighted by molar-refractivity contribution is -0.116. The van der Waals surface area contributed by atoms with E-state index in [-0.39, 0.29) is 5.91 Å². The topological polar surface area (TPSA) is 57.7 Å². The van der Waals surface area contributed by atoms with Gasteiger partial charge in [-0.15, -0.1) is 11.3 Å². The van der Waals surface area contributed by atoms with Gasteiger partial charge in [0.15, 0.2) is 0 Å². The van der Waals surface area contributed by atoms with Crippen LogP contribution >= 0.6 is 11.3 Å². The van der Waals surface area contributed by atoms with Crippen LogP contribution in [0.25, 0.3) is 10.1 Å². The molecule has 0 unspecified atom stereocenters. The fourth-order valence-corrected chi connectivity index (χ4v) is 5.41. The van der Waals surface area contributed by atoms with Crippen LogP contribution in [0.2, 0.25) is 0 Å². The van der Waals surface area contributed by atoms with Gasteiger partial charge >= 0.3 is 0 Å². The lowest BCUT2D eigenvalue weighted by atomic mass is 10.1. The SMILES string of the molecule is O=C1CCc2ccc(OCCCCN3CCCN(c4cccc5sccc45)CC3)nc2N1. The molecule has 168 valence electrons. The second-order valence-electron chi connectivity index (χ2n) is 8.55. The Labute approximate surface area is 193 Å². The molecule has 0 atom stereocenters. The predicted molar refractivity (Wildman–Crippen MR) is 131 cm³/mol. The summed E-state index contributed by atoms with van der Waals surface area (Å²) in [7, 11) is 0. The normalized spacial score (nSPS) is 17.1. The molecule has 4 heterocycles. The number of rotatable bonds is 7. The number of carbonyl (C=O) groups excluding carboxylic acids is 1. The molecular weight excluding hydrogens is 420 g/mol. The van der Waals surface area contributed by atoms with E-state index in [0.717, 1.165) is 57.5 Å². The molecular formula is C25H30N4O2S. The number of fused-ring (bicyclic) bond motifs is 2. The number of thiophene rings is 1. The lowest BCUT2D eigenvalue weighted by Crippen LogP contribution is -2.31. The molecule has 5 rings (SSSR count). The van der Waals surface area contributed by atoms with Crippen LogP contribution < -0.4 is 15.0 Å². The van der Waals surface area contributed by atoms with Crippen molar-refractivity contribution in [1.29, 1.82) is 0 Å². The summed E-state index contributed by atoms with van der Waals surface area (Å²) in [5, 5.41) is 6.41. The van der Waals surface area contributed by atoms with E-state index in [1.165, 1.54) is 22.2 Å². The summed E-state index contributed by atoms with van der Waals surface area (Å²) in [6.07, 6.45) is 4.60. The molecule has 2 aliphatic rings. The van der Waals surface area contributed by atoms with Crippen LogP contribution in [0.1, 0.15) is 31.2 Å². The third kappa shape index (κ3) is 4.89. The summed E-state index contributed by atoms with van der Waals surface area (Å²) >= 11 is 1.82. The molecule has 2 aromatic heterocycles. The number of hydrogen-bond donors (Lipinski definition) is 1. The van der Waals surface area contributed by atoms with Gasteiger partial charge in [0.05, 0.1) is 6.61 Å². The minimum atomic E-state index is 0.0326. The van der Waals surface area contributed by atoms with E-state index in [0.29, 0.717) is 24.7 Å². The smallest absolute Gasteiger partial charge is 0.225 e. The van der Waals surface area contributed by atoms with Gasteiger partial charge in [-0.05, 0) is 74.0 Å². The average molecular weight is 451 g/mol. The Bertz CT molecular complexity index is 1080. The van der Waals surface area contributed by atoms with Crippen molar-refractivity contribution in [3.05, 3.63) is 47.3 Å². The van der Waals surface area contributed by atoms with E-state index >= 15 is 0 Å². The molecule has 2 aliphatic heterocycles. The van der Waals surface area contributed by atoms with Gasteiger partial charge < -0.3 is 19.9 Å². The molecule has 0 aliphatic carbocycles. The number of amides is 1. The van der Waals surface area contributed by atoms with Gasteiger partial charge in [-0.1, -0.05) is 6.07 Å². The molecule has 1 N–H and O–H groups in total. The van der Waals surface area contributed by atoms with Crippen LogP contribution in [0.3, 0.4) is 0 Å². The maximum absolute atomic E-state index is 11.6. The summed E-state index contributed by atoms with van der Waals surface area (Å²) < 4.78 is 7.22. The summed E-state index contributed by atoms with van der Waals surface area (Å²) in [6.45, 7) is 6.22. The third-order valence-corrected chi connectivity index (χ3v) is 7.24. The Hall–Kier alpha value is -2.64. The molecule has 1 aromatic carbocycles.